The number of halogens is 2. The number of carbonyl (C=O) groups excluding carboxylic acids is 1. The lowest BCUT2D eigenvalue weighted by Gasteiger charge is -2.26. The molecule has 0 saturated carbocycles. The fourth-order valence-corrected chi connectivity index (χ4v) is 5.67. The smallest absolute Gasteiger partial charge is 0.338 e. The van der Waals surface area contributed by atoms with Gasteiger partial charge >= 0.3 is 5.97 Å². The lowest BCUT2D eigenvalue weighted by Crippen LogP contribution is -2.40. The van der Waals surface area contributed by atoms with Crippen LogP contribution in [0.2, 0.25) is 5.02 Å². The van der Waals surface area contributed by atoms with Gasteiger partial charge in [0.25, 0.3) is 5.56 Å². The summed E-state index contributed by atoms with van der Waals surface area (Å²) >= 11 is 11.3. The minimum Gasteiger partial charge on any atom is -0.488 e. The van der Waals surface area contributed by atoms with E-state index in [0.29, 0.717) is 43.5 Å². The molecule has 0 fully saturated rings. The predicted octanol–water partition coefficient (Wildman–Crippen LogP) is 5.17. The largest absolute Gasteiger partial charge is 0.488 e. The zero-order valence-corrected chi connectivity index (χ0v) is 23.1. The van der Waals surface area contributed by atoms with Crippen LogP contribution in [0.3, 0.4) is 0 Å². The molecule has 2 aromatic carbocycles. The number of benzene rings is 2. The van der Waals surface area contributed by atoms with Crippen molar-refractivity contribution >= 4 is 50.9 Å². The van der Waals surface area contributed by atoms with Gasteiger partial charge in [-0.2, -0.15) is 0 Å². The second-order valence-electron chi connectivity index (χ2n) is 8.35. The number of hydrogen-bond donors (Lipinski definition) is 0. The van der Waals surface area contributed by atoms with Crippen LogP contribution in [0.25, 0.3) is 6.08 Å². The number of aromatic nitrogens is 1. The maximum absolute atomic E-state index is 13.7. The van der Waals surface area contributed by atoms with Gasteiger partial charge in [0.1, 0.15) is 18.4 Å². The molecule has 0 amide bonds. The molecule has 0 aliphatic carbocycles. The van der Waals surface area contributed by atoms with E-state index in [2.05, 4.69) is 27.5 Å². The van der Waals surface area contributed by atoms with Crippen molar-refractivity contribution in [3.8, 4) is 5.75 Å². The van der Waals surface area contributed by atoms with Crippen LogP contribution in [-0.2, 0) is 9.53 Å². The van der Waals surface area contributed by atoms with Crippen molar-refractivity contribution in [3.63, 3.8) is 0 Å². The highest BCUT2D eigenvalue weighted by molar-refractivity contribution is 9.10. The Hall–Kier alpha value is -2.94. The first-order valence-electron chi connectivity index (χ1n) is 11.2. The number of fused-ring (bicyclic) bond motifs is 1. The molecule has 1 unspecified atom stereocenters. The second kappa shape index (κ2) is 11.0. The summed E-state index contributed by atoms with van der Waals surface area (Å²) in [4.78, 5) is 32.0. The van der Waals surface area contributed by atoms with E-state index >= 15 is 0 Å². The maximum atomic E-state index is 13.7. The van der Waals surface area contributed by atoms with Gasteiger partial charge in [-0.25, -0.2) is 9.79 Å². The standard InChI is InChI=1S/C27H24BrClN2O4S/c1-5-12-34-21-11-10-17(13-19(21)28)14-22-25(32)31-24(18-8-6-7-9-20(18)29)23(26(33)35-15(2)3)16(4)30-27(31)36-22/h5-11,13-15,24H,1,12H2,2-4H3. The molecule has 9 heteroatoms. The number of hydrogen-bond acceptors (Lipinski definition) is 6. The molecule has 186 valence electrons. The van der Waals surface area contributed by atoms with Crippen molar-refractivity contribution in [2.75, 3.05) is 6.61 Å². The van der Waals surface area contributed by atoms with E-state index in [4.69, 9.17) is 21.1 Å². The molecule has 1 aliphatic rings. The minimum absolute atomic E-state index is 0.269. The Balaban J connectivity index is 1.88. The number of ether oxygens (including phenoxy) is 2. The van der Waals surface area contributed by atoms with Crippen LogP contribution in [0.4, 0.5) is 0 Å². The lowest BCUT2D eigenvalue weighted by molar-refractivity contribution is -0.143. The minimum atomic E-state index is -0.759. The van der Waals surface area contributed by atoms with Gasteiger partial charge < -0.3 is 9.47 Å². The molecule has 6 nitrogen and oxygen atoms in total. The zero-order valence-electron chi connectivity index (χ0n) is 20.0. The number of rotatable bonds is 7. The predicted molar refractivity (Wildman–Crippen MR) is 146 cm³/mol. The first-order valence-corrected chi connectivity index (χ1v) is 13.2. The number of esters is 1. The maximum Gasteiger partial charge on any atom is 0.338 e. The van der Waals surface area contributed by atoms with E-state index in [0.717, 1.165) is 10.0 Å². The van der Waals surface area contributed by atoms with E-state index in [-0.39, 0.29) is 11.7 Å². The van der Waals surface area contributed by atoms with E-state index in [1.54, 1.807) is 45.1 Å². The number of thiazole rings is 1. The zero-order chi connectivity index (χ0) is 26.0. The van der Waals surface area contributed by atoms with Crippen LogP contribution in [0.5, 0.6) is 5.75 Å². The van der Waals surface area contributed by atoms with Gasteiger partial charge in [0.15, 0.2) is 4.80 Å². The van der Waals surface area contributed by atoms with Crippen LogP contribution in [-0.4, -0.2) is 23.2 Å². The Morgan fingerprint density at radius 2 is 2.06 bits per heavy atom. The molecule has 1 aliphatic heterocycles. The third-order valence-electron chi connectivity index (χ3n) is 5.39. The van der Waals surface area contributed by atoms with Gasteiger partial charge in [-0.15, -0.1) is 0 Å². The summed E-state index contributed by atoms with van der Waals surface area (Å²) < 4.78 is 13.9. The van der Waals surface area contributed by atoms with Crippen LogP contribution in [0.1, 0.15) is 37.9 Å². The Bertz CT molecular complexity index is 1550. The van der Waals surface area contributed by atoms with E-state index in [1.807, 2.05) is 30.3 Å². The van der Waals surface area contributed by atoms with Crippen molar-refractivity contribution in [1.82, 2.24) is 4.57 Å². The molecule has 2 heterocycles. The highest BCUT2D eigenvalue weighted by Crippen LogP contribution is 2.34. The Kier molecular flexibility index (Phi) is 7.97. The lowest BCUT2D eigenvalue weighted by atomic mass is 9.96. The molecule has 0 bridgehead atoms. The monoisotopic (exact) mass is 586 g/mol. The van der Waals surface area contributed by atoms with Gasteiger partial charge in [-0.1, -0.05) is 59.9 Å². The summed E-state index contributed by atoms with van der Waals surface area (Å²) in [6, 6.07) is 12.0. The van der Waals surface area contributed by atoms with Crippen molar-refractivity contribution in [1.29, 1.82) is 0 Å². The SMILES string of the molecule is C=CCOc1ccc(C=c2sc3n(c2=O)C(c2ccccc2Cl)C(C(=O)OC(C)C)=C(C)N=3)cc1Br. The summed E-state index contributed by atoms with van der Waals surface area (Å²) in [5.74, 6) is 0.153. The van der Waals surface area contributed by atoms with E-state index in [9.17, 15) is 9.59 Å². The molecule has 4 rings (SSSR count). The highest BCUT2D eigenvalue weighted by Gasteiger charge is 2.34. The first-order chi connectivity index (χ1) is 17.2. The molecule has 0 radical (unpaired) electrons. The second-order valence-corrected chi connectivity index (χ2v) is 10.6. The van der Waals surface area contributed by atoms with Crippen molar-refractivity contribution < 1.29 is 14.3 Å². The number of carbonyl (C=O) groups is 1. The molecular formula is C27H24BrClN2O4S. The van der Waals surface area contributed by atoms with Gasteiger partial charge in [0.05, 0.1) is 26.4 Å². The van der Waals surface area contributed by atoms with Gasteiger partial charge in [-0.05, 0) is 72.1 Å². The van der Waals surface area contributed by atoms with Crippen molar-refractivity contribution in [3.05, 3.63) is 107 Å². The third-order valence-corrected chi connectivity index (χ3v) is 7.34. The Labute approximate surface area is 226 Å². The summed E-state index contributed by atoms with van der Waals surface area (Å²) in [6.07, 6.45) is 3.14. The molecular weight excluding hydrogens is 564 g/mol. The summed E-state index contributed by atoms with van der Waals surface area (Å²) in [7, 11) is 0. The molecule has 0 spiro atoms. The fraction of sp³-hybridized carbons (Fsp3) is 0.222. The third kappa shape index (κ3) is 5.26. The van der Waals surface area contributed by atoms with Crippen LogP contribution in [0, 0.1) is 0 Å². The quantitative estimate of drug-likeness (QED) is 0.283. The van der Waals surface area contributed by atoms with Crippen LogP contribution in [0.15, 0.2) is 80.6 Å². The summed E-state index contributed by atoms with van der Waals surface area (Å²) in [6.45, 7) is 9.35. The molecule has 1 atom stereocenters. The van der Waals surface area contributed by atoms with E-state index < -0.39 is 12.0 Å². The fourth-order valence-electron chi connectivity index (χ4n) is 3.88. The normalized spacial score (nSPS) is 15.5. The van der Waals surface area contributed by atoms with Crippen molar-refractivity contribution in [2.45, 2.75) is 32.9 Å². The molecule has 0 saturated heterocycles. The van der Waals surface area contributed by atoms with Crippen LogP contribution < -0.4 is 19.6 Å². The number of allylic oxidation sites excluding steroid dienone is 1. The summed E-state index contributed by atoms with van der Waals surface area (Å²) in [5, 5.41) is 0.445. The topological polar surface area (TPSA) is 69.9 Å². The van der Waals surface area contributed by atoms with Crippen molar-refractivity contribution in [2.24, 2.45) is 4.99 Å². The molecule has 0 N–H and O–H groups in total. The Morgan fingerprint density at radius 3 is 2.72 bits per heavy atom. The Morgan fingerprint density at radius 1 is 1.31 bits per heavy atom. The summed E-state index contributed by atoms with van der Waals surface area (Å²) in [5.41, 5.74) is 1.95. The molecule has 3 aromatic rings. The van der Waals surface area contributed by atoms with Crippen LogP contribution >= 0.6 is 38.9 Å². The van der Waals surface area contributed by atoms with Gasteiger partial charge in [0, 0.05) is 5.02 Å². The van der Waals surface area contributed by atoms with E-state index in [1.165, 1.54) is 15.9 Å². The van der Waals surface area contributed by atoms with Gasteiger partial charge in [0.2, 0.25) is 0 Å². The first kappa shape index (κ1) is 26.1. The van der Waals surface area contributed by atoms with Gasteiger partial charge in [-0.3, -0.25) is 9.36 Å². The molecule has 36 heavy (non-hydrogen) atoms. The number of nitrogens with zero attached hydrogens (tertiary/aromatic N) is 2. The molecule has 1 aromatic heterocycles. The average Bonchev–Trinajstić information content (AvgIpc) is 3.12. The average molecular weight is 588 g/mol. The highest BCUT2D eigenvalue weighted by atomic mass is 79.9.